The van der Waals surface area contributed by atoms with Crippen LogP contribution in [0.3, 0.4) is 0 Å². The van der Waals surface area contributed by atoms with Crippen LogP contribution in [0.5, 0.6) is 5.75 Å². The minimum atomic E-state index is 0.686. The first kappa shape index (κ1) is 22.1. The number of hydrogen-bond donors (Lipinski definition) is 0. The van der Waals surface area contributed by atoms with Gasteiger partial charge in [0.2, 0.25) is 0 Å². The number of anilines is 2. The molecule has 2 saturated heterocycles. The summed E-state index contributed by atoms with van der Waals surface area (Å²) in [5.74, 6) is 3.09. The number of fused-ring (bicyclic) bond motifs is 3. The van der Waals surface area contributed by atoms with Crippen LogP contribution in [0.25, 0.3) is 10.2 Å². The number of rotatable bonds is 6. The summed E-state index contributed by atoms with van der Waals surface area (Å²) >= 11 is 1.90. The molecule has 4 heterocycles. The van der Waals surface area contributed by atoms with Gasteiger partial charge in [0.05, 0.1) is 37.4 Å². The lowest BCUT2D eigenvalue weighted by Gasteiger charge is -2.37. The average molecular weight is 480 g/mol. The Labute approximate surface area is 205 Å². The largest absolute Gasteiger partial charge is 0.492 e. The number of hydrogen-bond acceptors (Lipinski definition) is 8. The number of thiophene rings is 1. The molecule has 0 atom stereocenters. The minimum absolute atomic E-state index is 0.686. The van der Waals surface area contributed by atoms with Crippen LogP contribution in [0.4, 0.5) is 11.5 Å². The molecule has 3 aliphatic rings. The van der Waals surface area contributed by atoms with Crippen LogP contribution in [0, 0.1) is 0 Å². The summed E-state index contributed by atoms with van der Waals surface area (Å²) in [4.78, 5) is 20.3. The predicted octanol–water partition coefficient (Wildman–Crippen LogP) is 3.74. The SMILES string of the molecule is CCOc1ccccc1N1CCN(c2nc(CN3CCOCC3)nc3sc4c(c23)CCC4)CC1. The van der Waals surface area contributed by atoms with Crippen molar-refractivity contribution in [2.24, 2.45) is 0 Å². The summed E-state index contributed by atoms with van der Waals surface area (Å²) in [7, 11) is 0. The highest BCUT2D eigenvalue weighted by Gasteiger charge is 2.28. The van der Waals surface area contributed by atoms with E-state index in [0.29, 0.717) is 6.61 Å². The second-order valence-corrected chi connectivity index (χ2v) is 10.3. The first-order valence-electron chi connectivity index (χ1n) is 12.6. The predicted molar refractivity (Wildman–Crippen MR) is 138 cm³/mol. The molecule has 8 heteroatoms. The zero-order valence-electron chi connectivity index (χ0n) is 20.0. The quantitative estimate of drug-likeness (QED) is 0.534. The van der Waals surface area contributed by atoms with Crippen LogP contribution in [-0.4, -0.2) is 74.0 Å². The normalized spacial score (nSPS) is 19.1. The fourth-order valence-electron chi connectivity index (χ4n) is 5.43. The smallest absolute Gasteiger partial charge is 0.146 e. The van der Waals surface area contributed by atoms with Gasteiger partial charge in [-0.1, -0.05) is 12.1 Å². The van der Waals surface area contributed by atoms with Gasteiger partial charge in [-0.25, -0.2) is 9.97 Å². The first-order valence-corrected chi connectivity index (χ1v) is 13.4. The Balaban J connectivity index is 1.28. The molecule has 2 aliphatic heterocycles. The molecule has 2 fully saturated rings. The highest BCUT2D eigenvalue weighted by atomic mass is 32.1. The fraction of sp³-hybridized carbons (Fsp3) is 0.538. The number of piperazine rings is 1. The second-order valence-electron chi connectivity index (χ2n) is 9.26. The van der Waals surface area contributed by atoms with Gasteiger partial charge >= 0.3 is 0 Å². The minimum Gasteiger partial charge on any atom is -0.492 e. The number of aromatic nitrogens is 2. The molecule has 6 rings (SSSR count). The lowest BCUT2D eigenvalue weighted by atomic mass is 10.1. The van der Waals surface area contributed by atoms with E-state index < -0.39 is 0 Å². The second kappa shape index (κ2) is 9.68. The van der Waals surface area contributed by atoms with E-state index in [1.807, 2.05) is 18.3 Å². The molecule has 0 bridgehead atoms. The molecule has 1 aliphatic carbocycles. The molecular weight excluding hydrogens is 446 g/mol. The van der Waals surface area contributed by atoms with E-state index in [4.69, 9.17) is 19.4 Å². The Morgan fingerprint density at radius 2 is 1.76 bits per heavy atom. The van der Waals surface area contributed by atoms with E-state index in [0.717, 1.165) is 82.8 Å². The summed E-state index contributed by atoms with van der Waals surface area (Å²) in [5.41, 5.74) is 2.71. The number of nitrogens with zero attached hydrogens (tertiary/aromatic N) is 5. The van der Waals surface area contributed by atoms with Gasteiger partial charge in [-0.05, 0) is 43.9 Å². The van der Waals surface area contributed by atoms with Crippen LogP contribution in [0.1, 0.15) is 29.6 Å². The van der Waals surface area contributed by atoms with Crippen LogP contribution in [0.15, 0.2) is 24.3 Å². The Kier molecular flexibility index (Phi) is 6.28. The van der Waals surface area contributed by atoms with E-state index in [1.54, 1.807) is 0 Å². The van der Waals surface area contributed by atoms with E-state index in [1.165, 1.54) is 39.2 Å². The van der Waals surface area contributed by atoms with Crippen molar-refractivity contribution in [1.82, 2.24) is 14.9 Å². The van der Waals surface area contributed by atoms with Crippen molar-refractivity contribution in [2.45, 2.75) is 32.7 Å². The number of benzene rings is 1. The Bertz CT molecular complexity index is 1150. The van der Waals surface area contributed by atoms with Crippen LogP contribution < -0.4 is 14.5 Å². The van der Waals surface area contributed by atoms with Gasteiger partial charge in [0.25, 0.3) is 0 Å². The van der Waals surface area contributed by atoms with Gasteiger partial charge < -0.3 is 19.3 Å². The Morgan fingerprint density at radius 3 is 2.59 bits per heavy atom. The third-order valence-corrected chi connectivity index (χ3v) is 8.33. The van der Waals surface area contributed by atoms with E-state index >= 15 is 0 Å². The van der Waals surface area contributed by atoms with Gasteiger partial charge in [-0.2, -0.15) is 0 Å². The molecule has 0 radical (unpaired) electrons. The third kappa shape index (κ3) is 4.23. The molecule has 34 heavy (non-hydrogen) atoms. The Hall–Kier alpha value is -2.42. The Morgan fingerprint density at radius 1 is 0.971 bits per heavy atom. The molecule has 0 N–H and O–H groups in total. The molecule has 2 aromatic heterocycles. The van der Waals surface area contributed by atoms with Gasteiger partial charge in [0.1, 0.15) is 22.2 Å². The van der Waals surface area contributed by atoms with Crippen LogP contribution in [-0.2, 0) is 24.1 Å². The lowest BCUT2D eigenvalue weighted by Crippen LogP contribution is -2.47. The summed E-state index contributed by atoms with van der Waals surface area (Å²) in [6.45, 7) is 10.9. The van der Waals surface area contributed by atoms with Crippen LogP contribution >= 0.6 is 11.3 Å². The maximum atomic E-state index is 5.90. The molecule has 0 unspecified atom stereocenters. The number of aryl methyl sites for hydroxylation is 2. The zero-order valence-corrected chi connectivity index (χ0v) is 20.8. The molecule has 7 nitrogen and oxygen atoms in total. The fourth-order valence-corrected chi connectivity index (χ4v) is 6.71. The highest BCUT2D eigenvalue weighted by Crippen LogP contribution is 2.41. The molecule has 0 spiro atoms. The number of ether oxygens (including phenoxy) is 2. The third-order valence-electron chi connectivity index (χ3n) is 7.15. The summed E-state index contributed by atoms with van der Waals surface area (Å²) in [6, 6.07) is 8.40. The molecule has 0 saturated carbocycles. The molecule has 0 amide bonds. The van der Waals surface area contributed by atoms with Gasteiger partial charge in [0.15, 0.2) is 0 Å². The van der Waals surface area contributed by atoms with E-state index in [2.05, 4.69) is 39.0 Å². The monoisotopic (exact) mass is 479 g/mol. The van der Waals surface area contributed by atoms with Crippen molar-refractivity contribution in [2.75, 3.05) is 68.9 Å². The zero-order chi connectivity index (χ0) is 22.9. The lowest BCUT2D eigenvalue weighted by molar-refractivity contribution is 0.0331. The first-order chi connectivity index (χ1) is 16.8. The summed E-state index contributed by atoms with van der Waals surface area (Å²) < 4.78 is 11.4. The van der Waals surface area contributed by atoms with Crippen molar-refractivity contribution in [3.8, 4) is 5.75 Å². The van der Waals surface area contributed by atoms with Crippen LogP contribution in [0.2, 0.25) is 0 Å². The number of para-hydroxylation sites is 2. The van der Waals surface area contributed by atoms with Gasteiger partial charge in [-0.3, -0.25) is 4.90 Å². The van der Waals surface area contributed by atoms with Crippen molar-refractivity contribution in [3.05, 3.63) is 40.5 Å². The molecule has 180 valence electrons. The standard InChI is InChI=1S/C26H33N5O2S/c1-2-33-21-8-4-3-7-20(21)30-10-12-31(13-11-30)25-24-19-6-5-9-22(19)34-26(24)28-23(27-25)18-29-14-16-32-17-15-29/h3-4,7-8H,2,5-6,9-18H2,1H3. The van der Waals surface area contributed by atoms with Crippen molar-refractivity contribution >= 4 is 33.1 Å². The maximum Gasteiger partial charge on any atom is 0.146 e. The van der Waals surface area contributed by atoms with E-state index in [-0.39, 0.29) is 0 Å². The molecular formula is C26H33N5O2S. The molecule has 1 aromatic carbocycles. The van der Waals surface area contributed by atoms with Crippen molar-refractivity contribution in [3.63, 3.8) is 0 Å². The van der Waals surface area contributed by atoms with Crippen molar-refractivity contribution in [1.29, 1.82) is 0 Å². The molecule has 3 aromatic rings. The van der Waals surface area contributed by atoms with E-state index in [9.17, 15) is 0 Å². The van der Waals surface area contributed by atoms with Gasteiger partial charge in [-0.15, -0.1) is 11.3 Å². The topological polar surface area (TPSA) is 54.0 Å². The maximum absolute atomic E-state index is 5.90. The average Bonchev–Trinajstić information content (AvgIpc) is 3.46. The van der Waals surface area contributed by atoms with Gasteiger partial charge in [0, 0.05) is 44.1 Å². The number of morpholine rings is 1. The summed E-state index contributed by atoms with van der Waals surface area (Å²) in [5, 5.41) is 1.33. The summed E-state index contributed by atoms with van der Waals surface area (Å²) in [6.07, 6.45) is 3.61. The van der Waals surface area contributed by atoms with Crippen molar-refractivity contribution < 1.29 is 9.47 Å². The highest BCUT2D eigenvalue weighted by molar-refractivity contribution is 7.19.